The fourth-order valence-electron chi connectivity index (χ4n) is 2.51. The molecular formula is C18H21N5O. The molecule has 0 fully saturated rings. The van der Waals surface area contributed by atoms with Gasteiger partial charge in [-0.25, -0.2) is 4.98 Å². The van der Waals surface area contributed by atoms with E-state index in [9.17, 15) is 4.79 Å². The SMILES string of the molecule is CCn1ccc(CC(=O)Nc2ccc(-n3cnc(C)c3C)cc2)n1. The molecule has 0 aliphatic carbocycles. The molecule has 0 bridgehead atoms. The number of nitrogens with zero attached hydrogens (tertiary/aromatic N) is 4. The van der Waals surface area contributed by atoms with Crippen molar-refractivity contribution in [2.24, 2.45) is 0 Å². The lowest BCUT2D eigenvalue weighted by Crippen LogP contribution is -2.15. The number of hydrogen-bond donors (Lipinski definition) is 1. The summed E-state index contributed by atoms with van der Waals surface area (Å²) in [6.07, 6.45) is 3.96. The molecule has 0 atom stereocenters. The Hall–Kier alpha value is -2.89. The highest BCUT2D eigenvalue weighted by Gasteiger charge is 2.08. The molecule has 2 heterocycles. The van der Waals surface area contributed by atoms with Crippen LogP contribution in [0.2, 0.25) is 0 Å². The Morgan fingerprint density at radius 3 is 2.50 bits per heavy atom. The van der Waals surface area contributed by atoms with Crippen molar-refractivity contribution in [1.29, 1.82) is 0 Å². The summed E-state index contributed by atoms with van der Waals surface area (Å²) in [7, 11) is 0. The van der Waals surface area contributed by atoms with Crippen molar-refractivity contribution in [3.63, 3.8) is 0 Å². The van der Waals surface area contributed by atoms with Crippen molar-refractivity contribution in [1.82, 2.24) is 19.3 Å². The number of hydrogen-bond acceptors (Lipinski definition) is 3. The second-order valence-corrected chi connectivity index (χ2v) is 5.72. The molecule has 0 saturated carbocycles. The standard InChI is InChI=1S/C18H21N5O/c1-4-22-10-9-16(21-22)11-18(24)20-15-5-7-17(8-6-15)23-12-19-13(2)14(23)3/h5-10,12H,4,11H2,1-3H3,(H,20,24). The normalized spacial score (nSPS) is 10.8. The largest absolute Gasteiger partial charge is 0.326 e. The highest BCUT2D eigenvalue weighted by Crippen LogP contribution is 2.17. The van der Waals surface area contributed by atoms with Crippen molar-refractivity contribution in [2.75, 3.05) is 5.32 Å². The Kier molecular flexibility index (Phi) is 4.46. The van der Waals surface area contributed by atoms with Gasteiger partial charge >= 0.3 is 0 Å². The number of aryl methyl sites for hydroxylation is 2. The van der Waals surface area contributed by atoms with Gasteiger partial charge in [0.05, 0.1) is 24.1 Å². The van der Waals surface area contributed by atoms with E-state index >= 15 is 0 Å². The number of aromatic nitrogens is 4. The van der Waals surface area contributed by atoms with Crippen LogP contribution in [0.3, 0.4) is 0 Å². The van der Waals surface area contributed by atoms with E-state index in [2.05, 4.69) is 15.4 Å². The Bertz CT molecular complexity index is 845. The zero-order valence-electron chi connectivity index (χ0n) is 14.2. The first-order chi connectivity index (χ1) is 11.6. The van der Waals surface area contributed by atoms with Crippen LogP contribution in [-0.2, 0) is 17.8 Å². The molecule has 3 aromatic rings. The lowest BCUT2D eigenvalue weighted by Gasteiger charge is -2.08. The van der Waals surface area contributed by atoms with Gasteiger partial charge in [-0.2, -0.15) is 5.10 Å². The van der Waals surface area contributed by atoms with Gasteiger partial charge in [-0.1, -0.05) is 0 Å². The van der Waals surface area contributed by atoms with Gasteiger partial charge < -0.3 is 9.88 Å². The molecule has 0 saturated heterocycles. The maximum atomic E-state index is 12.1. The van der Waals surface area contributed by atoms with Crippen molar-refractivity contribution in [3.05, 3.63) is 59.9 Å². The van der Waals surface area contributed by atoms with Gasteiger partial charge in [-0.15, -0.1) is 0 Å². The summed E-state index contributed by atoms with van der Waals surface area (Å²) in [6.45, 7) is 6.84. The Morgan fingerprint density at radius 1 is 1.17 bits per heavy atom. The maximum absolute atomic E-state index is 12.1. The third-order valence-electron chi connectivity index (χ3n) is 4.04. The van der Waals surface area contributed by atoms with E-state index < -0.39 is 0 Å². The van der Waals surface area contributed by atoms with Gasteiger partial charge in [-0.3, -0.25) is 9.48 Å². The molecule has 0 aliphatic heterocycles. The molecule has 0 aliphatic rings. The smallest absolute Gasteiger partial charge is 0.230 e. The van der Waals surface area contributed by atoms with Crippen LogP contribution in [0.4, 0.5) is 5.69 Å². The first-order valence-corrected chi connectivity index (χ1v) is 8.00. The van der Waals surface area contributed by atoms with Crippen molar-refractivity contribution < 1.29 is 4.79 Å². The summed E-state index contributed by atoms with van der Waals surface area (Å²) in [4.78, 5) is 16.4. The lowest BCUT2D eigenvalue weighted by atomic mass is 10.2. The van der Waals surface area contributed by atoms with Gasteiger partial charge in [0.2, 0.25) is 5.91 Å². The predicted molar refractivity (Wildman–Crippen MR) is 93.3 cm³/mol. The number of anilines is 1. The molecule has 0 unspecified atom stereocenters. The average molecular weight is 323 g/mol. The molecule has 1 amide bonds. The first kappa shape index (κ1) is 16.0. The summed E-state index contributed by atoms with van der Waals surface area (Å²) in [5.74, 6) is -0.0706. The zero-order valence-corrected chi connectivity index (χ0v) is 14.2. The molecule has 6 heteroatoms. The van der Waals surface area contributed by atoms with Crippen LogP contribution in [0, 0.1) is 13.8 Å². The number of benzene rings is 1. The zero-order chi connectivity index (χ0) is 17.1. The minimum Gasteiger partial charge on any atom is -0.326 e. The molecule has 0 radical (unpaired) electrons. The monoisotopic (exact) mass is 323 g/mol. The Morgan fingerprint density at radius 2 is 1.92 bits per heavy atom. The van der Waals surface area contributed by atoms with Crippen LogP contribution in [0.25, 0.3) is 5.69 Å². The highest BCUT2D eigenvalue weighted by molar-refractivity contribution is 5.92. The minimum absolute atomic E-state index is 0.0706. The van der Waals surface area contributed by atoms with E-state index in [1.807, 2.05) is 72.9 Å². The average Bonchev–Trinajstić information content (AvgIpc) is 3.16. The molecular weight excluding hydrogens is 302 g/mol. The number of rotatable bonds is 5. The Balaban J connectivity index is 1.65. The van der Waals surface area contributed by atoms with Crippen LogP contribution < -0.4 is 5.32 Å². The van der Waals surface area contributed by atoms with E-state index in [0.717, 1.165) is 35.0 Å². The van der Waals surface area contributed by atoms with E-state index in [0.29, 0.717) is 0 Å². The quantitative estimate of drug-likeness (QED) is 0.785. The number of carbonyl (C=O) groups is 1. The maximum Gasteiger partial charge on any atom is 0.230 e. The predicted octanol–water partition coefficient (Wildman–Crippen LogP) is 2.89. The first-order valence-electron chi connectivity index (χ1n) is 8.00. The molecule has 1 N–H and O–H groups in total. The van der Waals surface area contributed by atoms with Gasteiger partial charge in [0.15, 0.2) is 0 Å². The fourth-order valence-corrected chi connectivity index (χ4v) is 2.51. The van der Waals surface area contributed by atoms with Crippen LogP contribution in [0.1, 0.15) is 24.0 Å². The number of nitrogens with one attached hydrogen (secondary N) is 1. The van der Waals surface area contributed by atoms with Crippen molar-refractivity contribution >= 4 is 11.6 Å². The summed E-state index contributed by atoms with van der Waals surface area (Å²) in [5, 5.41) is 7.22. The molecule has 124 valence electrons. The van der Waals surface area contributed by atoms with Crippen molar-refractivity contribution in [2.45, 2.75) is 33.7 Å². The molecule has 24 heavy (non-hydrogen) atoms. The third kappa shape index (κ3) is 3.37. The molecule has 0 spiro atoms. The molecule has 3 rings (SSSR count). The summed E-state index contributed by atoms with van der Waals surface area (Å²) >= 11 is 0. The second-order valence-electron chi connectivity index (χ2n) is 5.72. The van der Waals surface area contributed by atoms with Crippen LogP contribution in [0.5, 0.6) is 0 Å². The fraction of sp³-hybridized carbons (Fsp3) is 0.278. The van der Waals surface area contributed by atoms with Gasteiger partial charge in [-0.05, 0) is 51.1 Å². The van der Waals surface area contributed by atoms with Gasteiger partial charge in [0.1, 0.15) is 0 Å². The number of imidazole rings is 1. The van der Waals surface area contributed by atoms with Crippen LogP contribution >= 0.6 is 0 Å². The van der Waals surface area contributed by atoms with Crippen LogP contribution in [-0.4, -0.2) is 25.2 Å². The van der Waals surface area contributed by atoms with E-state index in [-0.39, 0.29) is 12.3 Å². The summed E-state index contributed by atoms with van der Waals surface area (Å²) < 4.78 is 3.84. The van der Waals surface area contributed by atoms with Crippen LogP contribution in [0.15, 0.2) is 42.9 Å². The minimum atomic E-state index is -0.0706. The van der Waals surface area contributed by atoms with E-state index in [1.165, 1.54) is 0 Å². The third-order valence-corrected chi connectivity index (χ3v) is 4.04. The van der Waals surface area contributed by atoms with Gasteiger partial charge in [0.25, 0.3) is 0 Å². The van der Waals surface area contributed by atoms with Gasteiger partial charge in [0, 0.05) is 29.8 Å². The number of amides is 1. The highest BCUT2D eigenvalue weighted by atomic mass is 16.1. The van der Waals surface area contributed by atoms with Crippen molar-refractivity contribution in [3.8, 4) is 5.69 Å². The lowest BCUT2D eigenvalue weighted by molar-refractivity contribution is -0.115. The summed E-state index contributed by atoms with van der Waals surface area (Å²) in [5.41, 5.74) is 4.69. The van der Waals surface area contributed by atoms with E-state index in [4.69, 9.17) is 0 Å². The molecule has 1 aromatic carbocycles. The Labute approximate surface area is 141 Å². The second kappa shape index (κ2) is 6.70. The topological polar surface area (TPSA) is 64.7 Å². The summed E-state index contributed by atoms with van der Waals surface area (Å²) in [6, 6.07) is 9.60. The molecule has 6 nitrogen and oxygen atoms in total. The number of carbonyl (C=O) groups excluding carboxylic acids is 1. The molecule has 2 aromatic heterocycles. The van der Waals surface area contributed by atoms with E-state index in [1.54, 1.807) is 0 Å².